The highest BCUT2D eigenvalue weighted by atomic mass is 16.5. The third-order valence-corrected chi connectivity index (χ3v) is 2.31. The number of hydrogen-bond acceptors (Lipinski definition) is 1. The summed E-state index contributed by atoms with van der Waals surface area (Å²) in [5, 5.41) is 0. The molecule has 1 heteroatoms. The molecule has 12 heavy (non-hydrogen) atoms. The zero-order chi connectivity index (χ0) is 8.55. The van der Waals surface area contributed by atoms with E-state index in [4.69, 9.17) is 4.74 Å². The summed E-state index contributed by atoms with van der Waals surface area (Å²) in [5.41, 5.74) is 3.98. The molecule has 0 aliphatic heterocycles. The maximum absolute atomic E-state index is 5.33. The fourth-order valence-corrected chi connectivity index (χ4v) is 1.78. The number of fused-ring (bicyclic) bond motifs is 1. The van der Waals surface area contributed by atoms with Gasteiger partial charge in [0.25, 0.3) is 0 Å². The van der Waals surface area contributed by atoms with Gasteiger partial charge >= 0.3 is 0 Å². The number of ether oxygens (including phenoxy) is 1. The van der Waals surface area contributed by atoms with Gasteiger partial charge in [0.15, 0.2) is 0 Å². The molecule has 0 saturated carbocycles. The van der Waals surface area contributed by atoms with Gasteiger partial charge in [-0.2, -0.15) is 0 Å². The van der Waals surface area contributed by atoms with Crippen LogP contribution in [0, 0.1) is 0 Å². The van der Waals surface area contributed by atoms with E-state index in [1.54, 1.807) is 7.11 Å². The molecule has 0 bridgehead atoms. The van der Waals surface area contributed by atoms with Crippen LogP contribution >= 0.6 is 0 Å². The first-order chi connectivity index (χ1) is 5.83. The van der Waals surface area contributed by atoms with Crippen LogP contribution in [0.3, 0.4) is 0 Å². The third kappa shape index (κ3) is 0.934. The minimum Gasteiger partial charge on any atom is -0.496 e. The SMILES string of the molecule is COC1=C(C)Cc2ccccc21. The van der Waals surface area contributed by atoms with Crippen molar-refractivity contribution in [2.75, 3.05) is 7.11 Å². The summed E-state index contributed by atoms with van der Waals surface area (Å²) in [4.78, 5) is 0. The Morgan fingerprint density at radius 2 is 2.00 bits per heavy atom. The van der Waals surface area contributed by atoms with Gasteiger partial charge in [-0.3, -0.25) is 0 Å². The van der Waals surface area contributed by atoms with Crippen LogP contribution in [0.2, 0.25) is 0 Å². The van der Waals surface area contributed by atoms with E-state index in [0.717, 1.165) is 12.2 Å². The molecule has 0 fully saturated rings. The zero-order valence-electron chi connectivity index (χ0n) is 7.42. The molecule has 1 aromatic carbocycles. The molecule has 1 nitrogen and oxygen atoms in total. The van der Waals surface area contributed by atoms with E-state index < -0.39 is 0 Å². The van der Waals surface area contributed by atoms with Crippen LogP contribution in [0.25, 0.3) is 5.76 Å². The van der Waals surface area contributed by atoms with E-state index in [9.17, 15) is 0 Å². The van der Waals surface area contributed by atoms with Gasteiger partial charge in [0.1, 0.15) is 5.76 Å². The predicted molar refractivity (Wildman–Crippen MR) is 49.7 cm³/mol. The molecule has 2 rings (SSSR count). The van der Waals surface area contributed by atoms with Crippen molar-refractivity contribution in [2.45, 2.75) is 13.3 Å². The molecule has 1 aromatic rings. The second kappa shape index (κ2) is 2.67. The Balaban J connectivity index is 2.53. The molecule has 0 aromatic heterocycles. The van der Waals surface area contributed by atoms with Crippen LogP contribution in [-0.4, -0.2) is 7.11 Å². The van der Waals surface area contributed by atoms with Crippen molar-refractivity contribution in [3.05, 3.63) is 41.0 Å². The number of benzene rings is 1. The molecule has 0 N–H and O–H groups in total. The Hall–Kier alpha value is -1.24. The minimum atomic E-state index is 1.04. The van der Waals surface area contributed by atoms with Crippen molar-refractivity contribution in [1.82, 2.24) is 0 Å². The lowest BCUT2D eigenvalue weighted by Gasteiger charge is -2.03. The second-order valence-corrected chi connectivity index (χ2v) is 3.15. The van der Waals surface area contributed by atoms with Crippen LogP contribution in [0.1, 0.15) is 18.1 Å². The van der Waals surface area contributed by atoms with Crippen LogP contribution in [0.4, 0.5) is 0 Å². The van der Waals surface area contributed by atoms with E-state index in [2.05, 4.69) is 31.2 Å². The topological polar surface area (TPSA) is 9.23 Å². The average molecular weight is 160 g/mol. The Morgan fingerprint density at radius 3 is 2.75 bits per heavy atom. The predicted octanol–water partition coefficient (Wildman–Crippen LogP) is 2.62. The smallest absolute Gasteiger partial charge is 0.125 e. The molecule has 0 amide bonds. The van der Waals surface area contributed by atoms with Gasteiger partial charge in [0.2, 0.25) is 0 Å². The summed E-state index contributed by atoms with van der Waals surface area (Å²) in [6, 6.07) is 8.40. The lowest BCUT2D eigenvalue weighted by molar-refractivity contribution is 0.368. The Labute approximate surface area is 72.7 Å². The molecular formula is C11H12O. The highest BCUT2D eigenvalue weighted by molar-refractivity contribution is 5.71. The molecule has 0 unspecified atom stereocenters. The number of hydrogen-bond donors (Lipinski definition) is 0. The van der Waals surface area contributed by atoms with Crippen LogP contribution in [0.5, 0.6) is 0 Å². The van der Waals surface area contributed by atoms with Crippen molar-refractivity contribution in [3.63, 3.8) is 0 Å². The van der Waals surface area contributed by atoms with E-state index in [0.29, 0.717) is 0 Å². The molecule has 0 spiro atoms. The Kier molecular flexibility index (Phi) is 1.65. The Morgan fingerprint density at radius 1 is 1.25 bits per heavy atom. The normalized spacial score (nSPS) is 14.8. The summed E-state index contributed by atoms with van der Waals surface area (Å²) < 4.78 is 5.33. The monoisotopic (exact) mass is 160 g/mol. The highest BCUT2D eigenvalue weighted by Gasteiger charge is 2.17. The van der Waals surface area contributed by atoms with Crippen molar-refractivity contribution in [1.29, 1.82) is 0 Å². The van der Waals surface area contributed by atoms with E-state index in [1.165, 1.54) is 16.7 Å². The first-order valence-electron chi connectivity index (χ1n) is 4.15. The highest BCUT2D eigenvalue weighted by Crippen LogP contribution is 2.32. The lowest BCUT2D eigenvalue weighted by Crippen LogP contribution is -1.85. The Bertz CT molecular complexity index is 337. The number of allylic oxidation sites excluding steroid dienone is 1. The van der Waals surface area contributed by atoms with Gasteiger partial charge in [0.05, 0.1) is 7.11 Å². The van der Waals surface area contributed by atoms with E-state index in [-0.39, 0.29) is 0 Å². The number of rotatable bonds is 1. The third-order valence-electron chi connectivity index (χ3n) is 2.31. The second-order valence-electron chi connectivity index (χ2n) is 3.15. The molecule has 0 saturated heterocycles. The first kappa shape index (κ1) is 7.41. The van der Waals surface area contributed by atoms with Crippen molar-refractivity contribution in [2.24, 2.45) is 0 Å². The first-order valence-corrected chi connectivity index (χ1v) is 4.15. The molecule has 62 valence electrons. The largest absolute Gasteiger partial charge is 0.496 e. The van der Waals surface area contributed by atoms with Gasteiger partial charge in [-0.05, 0) is 24.5 Å². The molecule has 1 aliphatic carbocycles. The van der Waals surface area contributed by atoms with Gasteiger partial charge < -0.3 is 4.74 Å². The van der Waals surface area contributed by atoms with Crippen LogP contribution in [0.15, 0.2) is 29.8 Å². The quantitative estimate of drug-likeness (QED) is 0.613. The standard InChI is InChI=1S/C11H12O/c1-8-7-9-5-3-4-6-10(9)11(8)12-2/h3-6H,7H2,1-2H3. The molecular weight excluding hydrogens is 148 g/mol. The summed E-state index contributed by atoms with van der Waals surface area (Å²) in [6.45, 7) is 2.12. The summed E-state index contributed by atoms with van der Waals surface area (Å²) in [7, 11) is 1.74. The van der Waals surface area contributed by atoms with E-state index >= 15 is 0 Å². The lowest BCUT2D eigenvalue weighted by atomic mass is 10.1. The van der Waals surface area contributed by atoms with Crippen LogP contribution < -0.4 is 0 Å². The molecule has 0 atom stereocenters. The summed E-state index contributed by atoms with van der Waals surface area (Å²) in [6.07, 6.45) is 1.04. The van der Waals surface area contributed by atoms with Gasteiger partial charge in [-0.25, -0.2) is 0 Å². The number of methoxy groups -OCH3 is 1. The van der Waals surface area contributed by atoms with Crippen molar-refractivity contribution >= 4 is 5.76 Å². The molecule has 1 aliphatic rings. The summed E-state index contributed by atoms with van der Waals surface area (Å²) in [5.74, 6) is 1.06. The molecule has 0 heterocycles. The van der Waals surface area contributed by atoms with Gasteiger partial charge in [-0.15, -0.1) is 0 Å². The van der Waals surface area contributed by atoms with Gasteiger partial charge in [0, 0.05) is 5.56 Å². The average Bonchev–Trinajstić information content (AvgIpc) is 2.40. The molecule has 0 radical (unpaired) electrons. The fraction of sp³-hybridized carbons (Fsp3) is 0.273. The fourth-order valence-electron chi connectivity index (χ4n) is 1.78. The minimum absolute atomic E-state index is 1.04. The van der Waals surface area contributed by atoms with E-state index in [1.807, 2.05) is 0 Å². The zero-order valence-corrected chi connectivity index (χ0v) is 7.42. The van der Waals surface area contributed by atoms with Gasteiger partial charge in [-0.1, -0.05) is 24.3 Å². The maximum atomic E-state index is 5.33. The van der Waals surface area contributed by atoms with Crippen molar-refractivity contribution in [3.8, 4) is 0 Å². The maximum Gasteiger partial charge on any atom is 0.125 e. The van der Waals surface area contributed by atoms with Crippen LogP contribution in [-0.2, 0) is 11.2 Å². The summed E-state index contributed by atoms with van der Waals surface area (Å²) >= 11 is 0. The van der Waals surface area contributed by atoms with Crippen molar-refractivity contribution < 1.29 is 4.74 Å².